The first-order chi connectivity index (χ1) is 12.7. The van der Waals surface area contributed by atoms with Gasteiger partial charge in [-0.25, -0.2) is 0 Å². The van der Waals surface area contributed by atoms with Crippen molar-refractivity contribution in [3.8, 4) is 0 Å². The van der Waals surface area contributed by atoms with Gasteiger partial charge in [0.05, 0.1) is 0 Å². The molecule has 0 nitrogen and oxygen atoms in total. The first-order valence-corrected chi connectivity index (χ1v) is 11.3. The fourth-order valence-electron chi connectivity index (χ4n) is 3.05. The summed E-state index contributed by atoms with van der Waals surface area (Å²) in [7, 11) is 0. The lowest BCUT2D eigenvalue weighted by Crippen LogP contribution is -2.08. The highest BCUT2D eigenvalue weighted by atomic mass is 14.2. The van der Waals surface area contributed by atoms with Crippen molar-refractivity contribution in [2.24, 2.45) is 17.3 Å². The summed E-state index contributed by atoms with van der Waals surface area (Å²) in [5.41, 5.74) is 1.66. The minimum atomic E-state index is 0.271. The van der Waals surface area contributed by atoms with Crippen LogP contribution in [0.4, 0.5) is 0 Å². The zero-order valence-corrected chi connectivity index (χ0v) is 19.7. The fourth-order valence-corrected chi connectivity index (χ4v) is 3.05. The zero-order valence-electron chi connectivity index (χ0n) is 19.7. The van der Waals surface area contributed by atoms with Crippen molar-refractivity contribution in [3.05, 3.63) is 49.6 Å². The van der Waals surface area contributed by atoms with Gasteiger partial charge in [0.25, 0.3) is 0 Å². The zero-order chi connectivity index (χ0) is 21.1. The molecule has 0 fully saturated rings. The highest BCUT2D eigenvalue weighted by molar-refractivity contribution is 4.98. The first kappa shape index (κ1) is 28.2. The van der Waals surface area contributed by atoms with Crippen LogP contribution in [0.25, 0.3) is 0 Å². The summed E-state index contributed by atoms with van der Waals surface area (Å²) in [4.78, 5) is 0. The number of unbranched alkanes of at least 4 members (excludes halogenated alkanes) is 1. The minimum absolute atomic E-state index is 0.271. The van der Waals surface area contributed by atoms with Gasteiger partial charge in [-0.05, 0) is 55.8 Å². The Morgan fingerprint density at radius 3 is 2.07 bits per heavy atom. The molecule has 0 aliphatic heterocycles. The summed E-state index contributed by atoms with van der Waals surface area (Å²) in [6, 6.07) is 0. The Balaban J connectivity index is 0. The van der Waals surface area contributed by atoms with Gasteiger partial charge in [-0.2, -0.15) is 0 Å². The van der Waals surface area contributed by atoms with Crippen LogP contribution < -0.4 is 0 Å². The molecule has 0 aliphatic rings. The van der Waals surface area contributed by atoms with Crippen molar-refractivity contribution in [1.82, 2.24) is 0 Å². The van der Waals surface area contributed by atoms with E-state index in [1.54, 1.807) is 0 Å². The summed E-state index contributed by atoms with van der Waals surface area (Å²) < 4.78 is 0. The molecular weight excluding hydrogens is 324 g/mol. The molecule has 0 saturated carbocycles. The average molecular weight is 375 g/mol. The molecule has 0 aliphatic carbocycles. The summed E-state index contributed by atoms with van der Waals surface area (Å²) in [6.07, 6.45) is 21.1. The molecule has 0 radical (unpaired) electrons. The molecule has 0 saturated heterocycles. The second-order valence-corrected chi connectivity index (χ2v) is 9.05. The van der Waals surface area contributed by atoms with Crippen LogP contribution in [0.2, 0.25) is 0 Å². The van der Waals surface area contributed by atoms with Gasteiger partial charge in [0.2, 0.25) is 0 Å². The van der Waals surface area contributed by atoms with Crippen LogP contribution in [-0.4, -0.2) is 0 Å². The van der Waals surface area contributed by atoms with E-state index in [0.717, 1.165) is 25.2 Å². The van der Waals surface area contributed by atoms with Crippen molar-refractivity contribution in [1.29, 1.82) is 0 Å². The smallest absolute Gasteiger partial charge is 0.0196 e. The Morgan fingerprint density at radius 2 is 1.59 bits per heavy atom. The Hall–Kier alpha value is -1.04. The van der Waals surface area contributed by atoms with E-state index in [1.807, 2.05) is 6.08 Å². The molecule has 0 bridgehead atoms. The molecule has 0 spiro atoms. The molecule has 0 heterocycles. The van der Waals surface area contributed by atoms with E-state index < -0.39 is 0 Å². The van der Waals surface area contributed by atoms with Crippen molar-refractivity contribution in [3.63, 3.8) is 0 Å². The molecular formula is C27H50. The van der Waals surface area contributed by atoms with Gasteiger partial charge in [0.1, 0.15) is 0 Å². The first-order valence-electron chi connectivity index (χ1n) is 11.3. The molecule has 0 rings (SSSR count). The lowest BCUT2D eigenvalue weighted by Gasteiger charge is -2.21. The topological polar surface area (TPSA) is 0 Å². The van der Waals surface area contributed by atoms with E-state index >= 15 is 0 Å². The number of rotatable bonds is 14. The minimum Gasteiger partial charge on any atom is -0.103 e. The Bertz CT molecular complexity index is 391. The second-order valence-electron chi connectivity index (χ2n) is 9.05. The van der Waals surface area contributed by atoms with Crippen molar-refractivity contribution in [2.45, 2.75) is 106 Å². The lowest BCUT2D eigenvalue weighted by molar-refractivity contribution is 0.368. The normalized spacial score (nSPS) is 13.6. The summed E-state index contributed by atoms with van der Waals surface area (Å²) >= 11 is 0. The van der Waals surface area contributed by atoms with Crippen molar-refractivity contribution < 1.29 is 0 Å². The quantitative estimate of drug-likeness (QED) is 0.209. The van der Waals surface area contributed by atoms with Crippen LogP contribution in [0.15, 0.2) is 49.6 Å². The maximum Gasteiger partial charge on any atom is -0.0196 e. The summed E-state index contributed by atoms with van der Waals surface area (Å²) in [6.45, 7) is 25.3. The molecule has 0 aromatic heterocycles. The van der Waals surface area contributed by atoms with E-state index in [0.29, 0.717) is 5.92 Å². The molecule has 27 heavy (non-hydrogen) atoms. The molecule has 0 aromatic rings. The van der Waals surface area contributed by atoms with Gasteiger partial charge in [0.15, 0.2) is 0 Å². The molecule has 1 unspecified atom stereocenters. The highest BCUT2D eigenvalue weighted by Crippen LogP contribution is 2.27. The number of hydrogen-bond donors (Lipinski definition) is 0. The molecule has 158 valence electrons. The summed E-state index contributed by atoms with van der Waals surface area (Å²) in [5.74, 6) is 1.48. The molecule has 0 heteroatoms. The van der Waals surface area contributed by atoms with Crippen LogP contribution in [0.3, 0.4) is 0 Å². The maximum absolute atomic E-state index is 4.18. The third-order valence-corrected chi connectivity index (χ3v) is 4.65. The molecule has 0 N–H and O–H groups in total. The summed E-state index contributed by atoms with van der Waals surface area (Å²) in [5, 5.41) is 0. The van der Waals surface area contributed by atoms with Gasteiger partial charge in [0, 0.05) is 0 Å². The SMILES string of the molecule is C=CCCC(=C)CCCCC(CC)C[C@H](/C=C/C(C)(C)C)CC=C.CCC. The van der Waals surface area contributed by atoms with Gasteiger partial charge in [-0.1, -0.05) is 104 Å². The van der Waals surface area contributed by atoms with E-state index in [1.165, 1.54) is 50.5 Å². The van der Waals surface area contributed by atoms with Gasteiger partial charge >= 0.3 is 0 Å². The highest BCUT2D eigenvalue weighted by Gasteiger charge is 2.14. The monoisotopic (exact) mass is 374 g/mol. The van der Waals surface area contributed by atoms with E-state index in [-0.39, 0.29) is 5.41 Å². The maximum atomic E-state index is 4.18. The van der Waals surface area contributed by atoms with Crippen LogP contribution in [0.5, 0.6) is 0 Å². The molecule has 0 aromatic carbocycles. The van der Waals surface area contributed by atoms with E-state index in [4.69, 9.17) is 0 Å². The van der Waals surface area contributed by atoms with Crippen LogP contribution in [0.1, 0.15) is 106 Å². The van der Waals surface area contributed by atoms with Crippen LogP contribution >= 0.6 is 0 Å². The number of allylic oxidation sites excluding steroid dienone is 5. The molecule has 0 amide bonds. The second kappa shape index (κ2) is 18.3. The lowest BCUT2D eigenvalue weighted by atomic mass is 9.85. The molecule has 2 atom stereocenters. The van der Waals surface area contributed by atoms with Crippen molar-refractivity contribution in [2.75, 3.05) is 0 Å². The van der Waals surface area contributed by atoms with Crippen LogP contribution in [0, 0.1) is 17.3 Å². The van der Waals surface area contributed by atoms with Crippen LogP contribution in [-0.2, 0) is 0 Å². The van der Waals surface area contributed by atoms with Crippen molar-refractivity contribution >= 4 is 0 Å². The average Bonchev–Trinajstić information content (AvgIpc) is 2.60. The van der Waals surface area contributed by atoms with Gasteiger partial charge < -0.3 is 0 Å². The number of hydrogen-bond acceptors (Lipinski definition) is 0. The van der Waals surface area contributed by atoms with Gasteiger partial charge in [-0.3, -0.25) is 0 Å². The standard InChI is InChI=1S/C24H42.C3H8/c1-8-11-15-21(4)16-12-13-17-22(10-3)20-23(14-9-2)18-19-24(5,6)7;1-3-2/h8-9,18-19,22-23H,1-2,4,10-17,20H2,3,5-7H3;3H2,1-2H3/b19-18+;/t22?,23-;/m0./s1. The third kappa shape index (κ3) is 21.1. The predicted octanol–water partition coefficient (Wildman–Crippen LogP) is 9.70. The third-order valence-electron chi connectivity index (χ3n) is 4.65. The van der Waals surface area contributed by atoms with E-state index in [9.17, 15) is 0 Å². The largest absolute Gasteiger partial charge is 0.103 e. The Morgan fingerprint density at radius 1 is 0.963 bits per heavy atom. The van der Waals surface area contributed by atoms with Gasteiger partial charge in [-0.15, -0.1) is 13.2 Å². The fraction of sp³-hybridized carbons (Fsp3) is 0.704. The Labute approximate surface area is 172 Å². The predicted molar refractivity (Wildman–Crippen MR) is 128 cm³/mol. The Kier molecular flexibility index (Phi) is 19.1. The van der Waals surface area contributed by atoms with E-state index in [2.05, 4.69) is 79.5 Å².